The van der Waals surface area contributed by atoms with Gasteiger partial charge in [0.1, 0.15) is 5.75 Å². The number of ether oxygens (including phenoxy) is 1. The molecule has 0 fully saturated rings. The van der Waals surface area contributed by atoms with Gasteiger partial charge < -0.3 is 4.74 Å². The van der Waals surface area contributed by atoms with Crippen LogP contribution in [0, 0.1) is 10.1 Å². The number of rotatable bonds is 2. The molecule has 1 aromatic heterocycles. The predicted octanol–water partition coefficient (Wildman–Crippen LogP) is 1.84. The molecule has 0 saturated carbocycles. The molecule has 1 heterocycles. The zero-order valence-electron chi connectivity index (χ0n) is 8.52. The number of hydrogen-bond acceptors (Lipinski definition) is 5. The van der Waals surface area contributed by atoms with E-state index < -0.39 is 11.0 Å². The molecule has 0 aliphatic carbocycles. The highest BCUT2D eigenvalue weighted by atomic mass is 16.6. The molecule has 0 atom stereocenters. The van der Waals surface area contributed by atoms with Gasteiger partial charge in [-0.3, -0.25) is 10.1 Å². The standard InChI is InChI=1S/C10H7N3O4/c14-10(12-7-1-6-11-12)17-9-4-2-8(3-5-9)13(15)16/h1-7H. The van der Waals surface area contributed by atoms with Crippen molar-refractivity contribution in [2.24, 2.45) is 0 Å². The fourth-order valence-corrected chi connectivity index (χ4v) is 1.16. The summed E-state index contributed by atoms with van der Waals surface area (Å²) in [7, 11) is 0. The van der Waals surface area contributed by atoms with E-state index in [1.165, 1.54) is 36.7 Å². The molecule has 0 aliphatic heterocycles. The fraction of sp³-hybridized carbons (Fsp3) is 0. The van der Waals surface area contributed by atoms with E-state index in [9.17, 15) is 14.9 Å². The summed E-state index contributed by atoms with van der Waals surface area (Å²) in [6, 6.07) is 6.79. The first-order valence-electron chi connectivity index (χ1n) is 4.63. The molecule has 2 aromatic rings. The highest BCUT2D eigenvalue weighted by Crippen LogP contribution is 2.17. The van der Waals surface area contributed by atoms with Gasteiger partial charge in [0.25, 0.3) is 5.69 Å². The first kappa shape index (κ1) is 10.8. The Balaban J connectivity index is 2.09. The second-order valence-corrected chi connectivity index (χ2v) is 3.07. The Morgan fingerprint density at radius 2 is 2.06 bits per heavy atom. The highest BCUT2D eigenvalue weighted by Gasteiger charge is 2.09. The molecule has 0 unspecified atom stereocenters. The summed E-state index contributed by atoms with van der Waals surface area (Å²) in [5.41, 5.74) is -0.0658. The van der Waals surface area contributed by atoms with Crippen LogP contribution in [0.4, 0.5) is 10.5 Å². The Labute approximate surface area is 95.4 Å². The Morgan fingerprint density at radius 3 is 2.59 bits per heavy atom. The minimum atomic E-state index is -0.677. The Bertz CT molecular complexity index is 533. The SMILES string of the molecule is O=C(Oc1ccc([N+](=O)[O-])cc1)n1cccn1. The van der Waals surface area contributed by atoms with Gasteiger partial charge in [-0.25, -0.2) is 4.79 Å². The smallest absolute Gasteiger partial charge is 0.409 e. The Hall–Kier alpha value is -2.70. The van der Waals surface area contributed by atoms with E-state index >= 15 is 0 Å². The molecule has 0 radical (unpaired) electrons. The number of carbonyl (C=O) groups excluding carboxylic acids is 1. The van der Waals surface area contributed by atoms with Crippen LogP contribution >= 0.6 is 0 Å². The van der Waals surface area contributed by atoms with Gasteiger partial charge in [-0.05, 0) is 18.2 Å². The number of nitrogens with zero attached hydrogens (tertiary/aromatic N) is 3. The van der Waals surface area contributed by atoms with Crippen LogP contribution in [-0.4, -0.2) is 20.8 Å². The van der Waals surface area contributed by atoms with E-state index in [1.54, 1.807) is 6.07 Å². The highest BCUT2D eigenvalue weighted by molar-refractivity contribution is 5.72. The van der Waals surface area contributed by atoms with Crippen LogP contribution in [0.25, 0.3) is 0 Å². The molecular weight excluding hydrogens is 226 g/mol. The maximum absolute atomic E-state index is 11.4. The zero-order chi connectivity index (χ0) is 12.3. The number of hydrogen-bond donors (Lipinski definition) is 0. The van der Waals surface area contributed by atoms with Gasteiger partial charge in [-0.15, -0.1) is 0 Å². The third-order valence-corrected chi connectivity index (χ3v) is 1.94. The summed E-state index contributed by atoms with van der Waals surface area (Å²) in [5, 5.41) is 14.1. The molecule has 0 spiro atoms. The quantitative estimate of drug-likeness (QED) is 0.583. The lowest BCUT2D eigenvalue weighted by Gasteiger charge is -2.02. The van der Waals surface area contributed by atoms with Gasteiger partial charge in [0.05, 0.1) is 4.92 Å². The number of aromatic nitrogens is 2. The number of nitro benzene ring substituents is 1. The second-order valence-electron chi connectivity index (χ2n) is 3.07. The average Bonchev–Trinajstić information content (AvgIpc) is 2.83. The number of benzene rings is 1. The topological polar surface area (TPSA) is 87.3 Å². The number of carbonyl (C=O) groups is 1. The van der Waals surface area contributed by atoms with Gasteiger partial charge in [0.2, 0.25) is 0 Å². The summed E-state index contributed by atoms with van der Waals surface area (Å²) in [6.07, 6.45) is 2.20. The van der Waals surface area contributed by atoms with Crippen molar-refractivity contribution < 1.29 is 14.5 Å². The van der Waals surface area contributed by atoms with Crippen molar-refractivity contribution in [3.63, 3.8) is 0 Å². The van der Waals surface area contributed by atoms with E-state index in [1.807, 2.05) is 0 Å². The zero-order valence-corrected chi connectivity index (χ0v) is 8.52. The van der Waals surface area contributed by atoms with Crippen LogP contribution in [0.5, 0.6) is 5.75 Å². The summed E-state index contributed by atoms with van der Waals surface area (Å²) in [4.78, 5) is 21.3. The molecule has 2 rings (SSSR count). The van der Waals surface area contributed by atoms with Crippen molar-refractivity contribution in [1.82, 2.24) is 9.78 Å². The number of nitro groups is 1. The lowest BCUT2D eigenvalue weighted by atomic mass is 10.3. The summed E-state index contributed by atoms with van der Waals surface area (Å²) < 4.78 is 5.95. The second kappa shape index (κ2) is 4.44. The molecular formula is C10H7N3O4. The molecule has 0 amide bonds. The van der Waals surface area contributed by atoms with E-state index in [2.05, 4.69) is 5.10 Å². The van der Waals surface area contributed by atoms with Gasteiger partial charge in [-0.1, -0.05) is 0 Å². The molecule has 7 heteroatoms. The van der Waals surface area contributed by atoms with Gasteiger partial charge >= 0.3 is 6.09 Å². The maximum Gasteiger partial charge on any atom is 0.440 e. The minimum absolute atomic E-state index is 0.0658. The van der Waals surface area contributed by atoms with Crippen molar-refractivity contribution >= 4 is 11.8 Å². The van der Waals surface area contributed by atoms with Gasteiger partial charge in [-0.2, -0.15) is 9.78 Å². The predicted molar refractivity (Wildman–Crippen MR) is 56.7 cm³/mol. The first-order chi connectivity index (χ1) is 8.16. The van der Waals surface area contributed by atoms with E-state index in [0.717, 1.165) is 4.68 Å². The van der Waals surface area contributed by atoms with Crippen LogP contribution < -0.4 is 4.74 Å². The average molecular weight is 233 g/mol. The summed E-state index contributed by atoms with van der Waals surface area (Å²) in [6.45, 7) is 0. The van der Waals surface area contributed by atoms with Crippen LogP contribution in [0.1, 0.15) is 0 Å². The van der Waals surface area contributed by atoms with E-state index in [-0.39, 0.29) is 11.4 Å². The minimum Gasteiger partial charge on any atom is -0.409 e. The van der Waals surface area contributed by atoms with Gasteiger partial charge in [0.15, 0.2) is 0 Å². The van der Waals surface area contributed by atoms with Crippen molar-refractivity contribution in [3.05, 3.63) is 52.8 Å². The monoisotopic (exact) mass is 233 g/mol. The van der Waals surface area contributed by atoms with Crippen molar-refractivity contribution in [2.45, 2.75) is 0 Å². The first-order valence-corrected chi connectivity index (χ1v) is 4.63. The molecule has 1 aromatic carbocycles. The van der Waals surface area contributed by atoms with Gasteiger partial charge in [0, 0.05) is 24.5 Å². The molecule has 0 saturated heterocycles. The molecule has 86 valence electrons. The van der Waals surface area contributed by atoms with Crippen LogP contribution in [0.2, 0.25) is 0 Å². The van der Waals surface area contributed by atoms with Crippen LogP contribution in [0.3, 0.4) is 0 Å². The lowest BCUT2D eigenvalue weighted by molar-refractivity contribution is -0.384. The van der Waals surface area contributed by atoms with E-state index in [4.69, 9.17) is 4.74 Å². The molecule has 0 bridgehead atoms. The summed E-state index contributed by atoms with van der Waals surface area (Å²) >= 11 is 0. The number of non-ortho nitro benzene ring substituents is 1. The third-order valence-electron chi connectivity index (χ3n) is 1.94. The third kappa shape index (κ3) is 2.46. The molecule has 7 nitrogen and oxygen atoms in total. The molecule has 0 aliphatic rings. The van der Waals surface area contributed by atoms with Crippen LogP contribution in [0.15, 0.2) is 42.7 Å². The lowest BCUT2D eigenvalue weighted by Crippen LogP contribution is -2.16. The Kier molecular flexibility index (Phi) is 2.82. The Morgan fingerprint density at radius 1 is 1.35 bits per heavy atom. The molecule has 17 heavy (non-hydrogen) atoms. The normalized spacial score (nSPS) is 9.88. The van der Waals surface area contributed by atoms with Crippen molar-refractivity contribution in [3.8, 4) is 5.75 Å². The van der Waals surface area contributed by atoms with Crippen LogP contribution in [-0.2, 0) is 0 Å². The maximum atomic E-state index is 11.4. The largest absolute Gasteiger partial charge is 0.440 e. The van der Waals surface area contributed by atoms with Crippen molar-refractivity contribution in [1.29, 1.82) is 0 Å². The molecule has 0 N–H and O–H groups in total. The van der Waals surface area contributed by atoms with E-state index in [0.29, 0.717) is 0 Å². The van der Waals surface area contributed by atoms with Crippen molar-refractivity contribution in [2.75, 3.05) is 0 Å². The summed E-state index contributed by atoms with van der Waals surface area (Å²) in [5.74, 6) is 0.219. The fourth-order valence-electron chi connectivity index (χ4n) is 1.16.